The van der Waals surface area contributed by atoms with Gasteiger partial charge in [-0.25, -0.2) is 0 Å². The van der Waals surface area contributed by atoms with Gasteiger partial charge in [-0.1, -0.05) is 182 Å². The fraction of sp³-hybridized carbons (Fsp3) is 0. The zero-order chi connectivity index (χ0) is 41.0. The topological polar surface area (TPSA) is 16.4 Å². The lowest BCUT2D eigenvalue weighted by Gasteiger charge is -2.26. The summed E-state index contributed by atoms with van der Waals surface area (Å²) >= 11 is 0. The molecule has 62 heavy (non-hydrogen) atoms. The molecule has 0 saturated heterocycles. The van der Waals surface area contributed by atoms with E-state index in [-0.39, 0.29) is 0 Å². The van der Waals surface area contributed by atoms with Crippen LogP contribution < -0.4 is 4.90 Å². The molecule has 0 aliphatic carbocycles. The molecule has 2 heteroatoms. The second kappa shape index (κ2) is 14.8. The summed E-state index contributed by atoms with van der Waals surface area (Å²) in [5, 5.41) is 9.82. The summed E-state index contributed by atoms with van der Waals surface area (Å²) in [5.74, 6) is 0. The van der Waals surface area contributed by atoms with Crippen molar-refractivity contribution in [2.24, 2.45) is 0 Å². The normalized spacial score (nSPS) is 11.5. The van der Waals surface area contributed by atoms with Gasteiger partial charge in [-0.3, -0.25) is 0 Å². The summed E-state index contributed by atoms with van der Waals surface area (Å²) in [6.07, 6.45) is 0. The molecule has 0 bridgehead atoms. The van der Waals surface area contributed by atoms with Crippen molar-refractivity contribution in [2.75, 3.05) is 4.90 Å². The van der Waals surface area contributed by atoms with Gasteiger partial charge < -0.3 is 9.32 Å². The second-order valence-corrected chi connectivity index (χ2v) is 16.1. The van der Waals surface area contributed by atoms with Crippen LogP contribution in [0, 0.1) is 0 Å². The standard InChI is InChI=1S/C60H39NO/c1-3-15-52-42(10-1)12-8-18-53(52)44-24-22-40(23-25-44)41-30-34-49(35-31-41)61(50-36-32-45(33-37-50)55-19-9-21-59-60(55)56-17-5-6-20-58(56)62-59)51-14-7-13-47(38-51)48-29-28-46-27-26-43-11-2-4-16-54(43)57(46)39-48/h1-39H. The van der Waals surface area contributed by atoms with Crippen LogP contribution in [0.1, 0.15) is 0 Å². The van der Waals surface area contributed by atoms with Gasteiger partial charge in [0.05, 0.1) is 0 Å². The number of anilines is 3. The average Bonchev–Trinajstić information content (AvgIpc) is 3.74. The predicted molar refractivity (Wildman–Crippen MR) is 263 cm³/mol. The molecular formula is C60H39NO. The van der Waals surface area contributed by atoms with Crippen molar-refractivity contribution in [1.82, 2.24) is 0 Å². The molecule has 0 N–H and O–H groups in total. The third kappa shape index (κ3) is 6.20. The highest BCUT2D eigenvalue weighted by Gasteiger charge is 2.17. The van der Waals surface area contributed by atoms with Crippen LogP contribution in [0.15, 0.2) is 241 Å². The molecule has 0 aliphatic heterocycles. The van der Waals surface area contributed by atoms with Gasteiger partial charge in [0.25, 0.3) is 0 Å². The molecule has 12 rings (SSSR count). The minimum atomic E-state index is 0.899. The first-order valence-corrected chi connectivity index (χ1v) is 21.2. The average molecular weight is 790 g/mol. The van der Waals surface area contributed by atoms with E-state index in [4.69, 9.17) is 4.42 Å². The zero-order valence-electron chi connectivity index (χ0n) is 33.9. The Bertz CT molecular complexity index is 3610. The molecule has 0 atom stereocenters. The Labute approximate surface area is 360 Å². The quantitative estimate of drug-likeness (QED) is 0.150. The number of benzene rings is 11. The first-order chi connectivity index (χ1) is 30.7. The Hall–Kier alpha value is -8.20. The van der Waals surface area contributed by atoms with E-state index in [0.717, 1.165) is 50.1 Å². The highest BCUT2D eigenvalue weighted by molar-refractivity contribution is 6.12. The molecule has 2 nitrogen and oxygen atoms in total. The van der Waals surface area contributed by atoms with Gasteiger partial charge in [0.15, 0.2) is 0 Å². The molecule has 1 heterocycles. The van der Waals surface area contributed by atoms with Gasteiger partial charge in [0, 0.05) is 27.8 Å². The van der Waals surface area contributed by atoms with Crippen molar-refractivity contribution in [3.63, 3.8) is 0 Å². The molecule has 0 unspecified atom stereocenters. The Morgan fingerprint density at radius 2 is 0.742 bits per heavy atom. The van der Waals surface area contributed by atoms with Crippen LogP contribution in [0.4, 0.5) is 17.1 Å². The predicted octanol–water partition coefficient (Wildman–Crippen LogP) is 17.2. The fourth-order valence-corrected chi connectivity index (χ4v) is 9.38. The second-order valence-electron chi connectivity index (χ2n) is 16.1. The summed E-state index contributed by atoms with van der Waals surface area (Å²) in [5.41, 5.74) is 14.5. The van der Waals surface area contributed by atoms with Gasteiger partial charge in [-0.2, -0.15) is 0 Å². The van der Waals surface area contributed by atoms with E-state index in [1.165, 1.54) is 65.7 Å². The van der Waals surface area contributed by atoms with E-state index in [9.17, 15) is 0 Å². The van der Waals surface area contributed by atoms with Gasteiger partial charge in [-0.05, 0) is 131 Å². The lowest BCUT2D eigenvalue weighted by Crippen LogP contribution is -2.10. The third-order valence-electron chi connectivity index (χ3n) is 12.5. The highest BCUT2D eigenvalue weighted by atomic mass is 16.3. The number of furan rings is 1. The smallest absolute Gasteiger partial charge is 0.136 e. The SMILES string of the molecule is c1cc(-c2ccc3ccc4ccccc4c3c2)cc(N(c2ccc(-c3ccc(-c4cccc5ccccc45)cc3)cc2)c2ccc(-c3cccc4oc5ccccc5c34)cc2)c1. The summed E-state index contributed by atoms with van der Waals surface area (Å²) in [4.78, 5) is 2.37. The Kier molecular flexibility index (Phi) is 8.53. The van der Waals surface area contributed by atoms with Gasteiger partial charge in [-0.15, -0.1) is 0 Å². The first kappa shape index (κ1) is 35.7. The van der Waals surface area contributed by atoms with E-state index in [1.807, 2.05) is 12.1 Å². The van der Waals surface area contributed by atoms with Crippen molar-refractivity contribution in [3.05, 3.63) is 237 Å². The van der Waals surface area contributed by atoms with Crippen LogP contribution >= 0.6 is 0 Å². The summed E-state index contributed by atoms with van der Waals surface area (Å²) in [7, 11) is 0. The van der Waals surface area contributed by atoms with E-state index < -0.39 is 0 Å². The van der Waals surface area contributed by atoms with Crippen molar-refractivity contribution in [2.45, 2.75) is 0 Å². The van der Waals surface area contributed by atoms with Gasteiger partial charge in [0.1, 0.15) is 11.2 Å². The minimum Gasteiger partial charge on any atom is -0.456 e. The van der Waals surface area contributed by atoms with E-state index in [0.29, 0.717) is 0 Å². The molecule has 0 amide bonds. The Morgan fingerprint density at radius 1 is 0.258 bits per heavy atom. The molecule has 0 saturated carbocycles. The van der Waals surface area contributed by atoms with Crippen molar-refractivity contribution < 1.29 is 4.42 Å². The molecule has 0 aliphatic rings. The van der Waals surface area contributed by atoms with Crippen molar-refractivity contribution in [3.8, 4) is 44.5 Å². The maximum Gasteiger partial charge on any atom is 0.136 e. The van der Waals surface area contributed by atoms with E-state index in [1.54, 1.807) is 0 Å². The molecule has 0 fully saturated rings. The number of hydrogen-bond donors (Lipinski definition) is 0. The van der Waals surface area contributed by atoms with E-state index >= 15 is 0 Å². The zero-order valence-corrected chi connectivity index (χ0v) is 33.9. The Morgan fingerprint density at radius 3 is 1.52 bits per heavy atom. The fourth-order valence-electron chi connectivity index (χ4n) is 9.38. The summed E-state index contributed by atoms with van der Waals surface area (Å²) < 4.78 is 6.26. The molecule has 11 aromatic carbocycles. The molecule has 1 aromatic heterocycles. The van der Waals surface area contributed by atoms with Crippen molar-refractivity contribution in [1.29, 1.82) is 0 Å². The highest BCUT2D eigenvalue weighted by Crippen LogP contribution is 2.41. The summed E-state index contributed by atoms with van der Waals surface area (Å²) in [6, 6.07) is 85.5. The molecular weight excluding hydrogens is 751 g/mol. The van der Waals surface area contributed by atoms with Gasteiger partial charge in [0.2, 0.25) is 0 Å². The van der Waals surface area contributed by atoms with Gasteiger partial charge >= 0.3 is 0 Å². The van der Waals surface area contributed by atoms with E-state index in [2.05, 4.69) is 229 Å². The molecule has 12 aromatic rings. The number of para-hydroxylation sites is 1. The van der Waals surface area contributed by atoms with Crippen LogP contribution in [0.25, 0.3) is 98.8 Å². The first-order valence-electron chi connectivity index (χ1n) is 21.2. The summed E-state index contributed by atoms with van der Waals surface area (Å²) in [6.45, 7) is 0. The number of fused-ring (bicyclic) bond motifs is 7. The van der Waals surface area contributed by atoms with Crippen LogP contribution in [0.2, 0.25) is 0 Å². The molecule has 0 radical (unpaired) electrons. The number of rotatable bonds is 7. The lowest BCUT2D eigenvalue weighted by atomic mass is 9.96. The number of nitrogens with zero attached hydrogens (tertiary/aromatic N) is 1. The largest absolute Gasteiger partial charge is 0.456 e. The van der Waals surface area contributed by atoms with Crippen molar-refractivity contribution >= 4 is 71.3 Å². The minimum absolute atomic E-state index is 0.899. The molecule has 290 valence electrons. The van der Waals surface area contributed by atoms with Crippen LogP contribution in [0.3, 0.4) is 0 Å². The number of hydrogen-bond acceptors (Lipinski definition) is 2. The van der Waals surface area contributed by atoms with Crippen LogP contribution in [0.5, 0.6) is 0 Å². The molecule has 0 spiro atoms. The maximum atomic E-state index is 6.26. The monoisotopic (exact) mass is 789 g/mol. The van der Waals surface area contributed by atoms with Crippen LogP contribution in [-0.4, -0.2) is 0 Å². The maximum absolute atomic E-state index is 6.26. The lowest BCUT2D eigenvalue weighted by molar-refractivity contribution is 0.669. The van der Waals surface area contributed by atoms with Crippen LogP contribution in [-0.2, 0) is 0 Å². The third-order valence-corrected chi connectivity index (χ3v) is 12.5. The Balaban J connectivity index is 0.936.